The van der Waals surface area contributed by atoms with Gasteiger partial charge < -0.3 is 10.3 Å². The molecule has 1 heterocycles. The summed E-state index contributed by atoms with van der Waals surface area (Å²) in [7, 11) is 0. The maximum absolute atomic E-state index is 10.8. The van der Waals surface area contributed by atoms with E-state index in [1.807, 2.05) is 12.2 Å². The van der Waals surface area contributed by atoms with Crippen LogP contribution in [0.2, 0.25) is 0 Å². The second kappa shape index (κ2) is 9.02. The Labute approximate surface area is 130 Å². The molecule has 0 spiro atoms. The van der Waals surface area contributed by atoms with Gasteiger partial charge in [0.15, 0.2) is 6.61 Å². The van der Waals surface area contributed by atoms with E-state index in [-0.39, 0.29) is 24.7 Å². The number of carboxylic acids is 1. The molecule has 0 aromatic carbocycles. The first-order chi connectivity index (χ1) is 10.7. The maximum Gasteiger partial charge on any atom is 0.331 e. The largest absolute Gasteiger partial charge is 0.479 e. The summed E-state index contributed by atoms with van der Waals surface area (Å²) in [5.74, 6) is -0.757. The monoisotopic (exact) mass is 311 g/mol. The van der Waals surface area contributed by atoms with E-state index < -0.39 is 5.97 Å². The minimum Gasteiger partial charge on any atom is -0.479 e. The van der Waals surface area contributed by atoms with Crippen molar-refractivity contribution in [3.8, 4) is 0 Å². The van der Waals surface area contributed by atoms with Crippen LogP contribution < -0.4 is 10.8 Å². The summed E-state index contributed by atoms with van der Waals surface area (Å²) in [6.45, 7) is 0.989. The highest BCUT2D eigenvalue weighted by molar-refractivity contribution is 5.67. The van der Waals surface area contributed by atoms with E-state index in [2.05, 4.69) is 22.9 Å². The van der Waals surface area contributed by atoms with E-state index in [1.165, 1.54) is 0 Å². The molecule has 22 heavy (non-hydrogen) atoms. The van der Waals surface area contributed by atoms with Crippen molar-refractivity contribution in [3.63, 3.8) is 0 Å². The van der Waals surface area contributed by atoms with Gasteiger partial charge in [-0.15, -0.1) is 0 Å². The molecular formula is C15H25N3O4. The summed E-state index contributed by atoms with van der Waals surface area (Å²) in [5.41, 5.74) is 2.33. The molecule has 7 nitrogen and oxygen atoms in total. The highest BCUT2D eigenvalue weighted by Gasteiger charge is 2.28. The molecule has 2 aliphatic rings. The SMILES string of the molecule is O=C(O)CON1CCC(NO)CCCNC1C1C=CC=CC1. The molecule has 0 aromatic heterocycles. The van der Waals surface area contributed by atoms with Crippen molar-refractivity contribution >= 4 is 5.97 Å². The number of nitrogens with zero attached hydrogens (tertiary/aromatic N) is 1. The molecular weight excluding hydrogens is 286 g/mol. The van der Waals surface area contributed by atoms with Gasteiger partial charge in [0.1, 0.15) is 0 Å². The molecule has 1 aliphatic heterocycles. The Balaban J connectivity index is 2.06. The molecule has 2 rings (SSSR count). The van der Waals surface area contributed by atoms with Gasteiger partial charge in [0, 0.05) is 18.5 Å². The van der Waals surface area contributed by atoms with E-state index in [0.717, 1.165) is 25.8 Å². The van der Waals surface area contributed by atoms with Crippen molar-refractivity contribution < 1.29 is 19.9 Å². The van der Waals surface area contributed by atoms with Crippen LogP contribution >= 0.6 is 0 Å². The van der Waals surface area contributed by atoms with Gasteiger partial charge in [-0.2, -0.15) is 5.06 Å². The van der Waals surface area contributed by atoms with Crippen LogP contribution in [-0.2, 0) is 9.63 Å². The molecule has 0 aromatic rings. The summed E-state index contributed by atoms with van der Waals surface area (Å²) in [6, 6.07) is -0.00160. The van der Waals surface area contributed by atoms with Gasteiger partial charge in [0.25, 0.3) is 0 Å². The number of hydroxylamine groups is 3. The van der Waals surface area contributed by atoms with Gasteiger partial charge in [-0.3, -0.25) is 10.2 Å². The van der Waals surface area contributed by atoms with Gasteiger partial charge in [-0.05, 0) is 32.2 Å². The number of hydrogen-bond donors (Lipinski definition) is 4. The van der Waals surface area contributed by atoms with Crippen molar-refractivity contribution in [1.82, 2.24) is 15.9 Å². The number of carbonyl (C=O) groups is 1. The van der Waals surface area contributed by atoms with E-state index >= 15 is 0 Å². The zero-order valence-corrected chi connectivity index (χ0v) is 12.6. The fourth-order valence-electron chi connectivity index (χ4n) is 2.88. The normalized spacial score (nSPS) is 30.5. The third-order valence-electron chi connectivity index (χ3n) is 4.05. The van der Waals surface area contributed by atoms with Gasteiger partial charge in [-0.25, -0.2) is 10.3 Å². The number of rotatable bonds is 5. The van der Waals surface area contributed by atoms with Crippen LogP contribution in [0, 0.1) is 5.92 Å². The van der Waals surface area contributed by atoms with E-state index in [9.17, 15) is 10.0 Å². The van der Waals surface area contributed by atoms with Gasteiger partial charge in [0.2, 0.25) is 0 Å². The molecule has 7 heteroatoms. The lowest BCUT2D eigenvalue weighted by Gasteiger charge is -2.35. The lowest BCUT2D eigenvalue weighted by atomic mass is 9.97. The Kier molecular flexibility index (Phi) is 7.01. The Hall–Kier alpha value is -1.25. The molecule has 4 N–H and O–H groups in total. The van der Waals surface area contributed by atoms with Gasteiger partial charge in [0.05, 0.1) is 6.17 Å². The fourth-order valence-corrected chi connectivity index (χ4v) is 2.88. The van der Waals surface area contributed by atoms with Crippen LogP contribution in [-0.4, -0.2) is 53.3 Å². The Morgan fingerprint density at radius 1 is 1.41 bits per heavy atom. The molecule has 1 aliphatic carbocycles. The Morgan fingerprint density at radius 3 is 2.95 bits per heavy atom. The molecule has 1 fully saturated rings. The Bertz CT molecular complexity index is 414. The lowest BCUT2D eigenvalue weighted by molar-refractivity contribution is -0.209. The third-order valence-corrected chi connectivity index (χ3v) is 4.05. The zero-order valence-electron chi connectivity index (χ0n) is 12.6. The average molecular weight is 311 g/mol. The molecule has 0 amide bonds. The molecule has 3 atom stereocenters. The van der Waals surface area contributed by atoms with E-state index in [0.29, 0.717) is 13.0 Å². The summed E-state index contributed by atoms with van der Waals surface area (Å²) in [4.78, 5) is 16.3. The first-order valence-corrected chi connectivity index (χ1v) is 7.78. The fraction of sp³-hybridized carbons (Fsp3) is 0.667. The first-order valence-electron chi connectivity index (χ1n) is 7.78. The second-order valence-corrected chi connectivity index (χ2v) is 5.68. The highest BCUT2D eigenvalue weighted by atomic mass is 16.7. The van der Waals surface area contributed by atoms with Gasteiger partial charge >= 0.3 is 5.97 Å². The van der Waals surface area contributed by atoms with Crippen molar-refractivity contribution in [2.45, 2.75) is 37.9 Å². The van der Waals surface area contributed by atoms with Crippen LogP contribution in [0.1, 0.15) is 25.7 Å². The van der Waals surface area contributed by atoms with Crippen molar-refractivity contribution in [3.05, 3.63) is 24.3 Å². The maximum atomic E-state index is 10.8. The lowest BCUT2D eigenvalue weighted by Crippen LogP contribution is -2.51. The molecule has 124 valence electrons. The number of nitrogens with one attached hydrogen (secondary N) is 2. The minimum absolute atomic E-state index is 0.00160. The third kappa shape index (κ3) is 5.19. The summed E-state index contributed by atoms with van der Waals surface area (Å²) >= 11 is 0. The summed E-state index contributed by atoms with van der Waals surface area (Å²) in [5, 5.41) is 23.2. The quantitative estimate of drug-likeness (QED) is 0.560. The molecule has 0 saturated carbocycles. The second-order valence-electron chi connectivity index (χ2n) is 5.68. The van der Waals surface area contributed by atoms with E-state index in [1.54, 1.807) is 5.06 Å². The van der Waals surface area contributed by atoms with E-state index in [4.69, 9.17) is 9.94 Å². The molecule has 0 radical (unpaired) electrons. The van der Waals surface area contributed by atoms with Crippen molar-refractivity contribution in [1.29, 1.82) is 0 Å². The van der Waals surface area contributed by atoms with Crippen molar-refractivity contribution in [2.75, 3.05) is 19.7 Å². The summed E-state index contributed by atoms with van der Waals surface area (Å²) in [6.07, 6.45) is 11.6. The topological polar surface area (TPSA) is 94.1 Å². The number of carboxylic acid groups (broad SMARTS) is 1. The highest BCUT2D eigenvalue weighted by Crippen LogP contribution is 2.21. The first kappa shape index (κ1) is 17.1. The standard InChI is InChI=1S/C15H25N3O4/c19-14(20)11-22-18-10-8-13(17-21)7-4-9-16-15(18)12-5-2-1-3-6-12/h1-3,5,12-13,15-17,21H,4,6-11H2,(H,19,20). The predicted molar refractivity (Wildman–Crippen MR) is 81.0 cm³/mol. The van der Waals surface area contributed by atoms with Crippen molar-refractivity contribution in [2.24, 2.45) is 5.92 Å². The zero-order chi connectivity index (χ0) is 15.8. The smallest absolute Gasteiger partial charge is 0.331 e. The molecule has 1 saturated heterocycles. The van der Waals surface area contributed by atoms with Crippen LogP contribution in [0.5, 0.6) is 0 Å². The predicted octanol–water partition coefficient (Wildman–Crippen LogP) is 0.884. The van der Waals surface area contributed by atoms with Gasteiger partial charge in [-0.1, -0.05) is 24.3 Å². The molecule has 3 unspecified atom stereocenters. The van der Waals surface area contributed by atoms with Crippen LogP contribution in [0.25, 0.3) is 0 Å². The average Bonchev–Trinajstić information content (AvgIpc) is 2.63. The molecule has 0 bridgehead atoms. The number of allylic oxidation sites excluding steroid dienone is 3. The minimum atomic E-state index is -0.991. The number of hydrogen-bond acceptors (Lipinski definition) is 6. The van der Waals surface area contributed by atoms with Crippen LogP contribution in [0.15, 0.2) is 24.3 Å². The Morgan fingerprint density at radius 2 is 2.27 bits per heavy atom. The summed E-state index contributed by atoms with van der Waals surface area (Å²) < 4.78 is 0. The van der Waals surface area contributed by atoms with Crippen LogP contribution in [0.4, 0.5) is 0 Å². The number of aliphatic carboxylic acids is 1. The van der Waals surface area contributed by atoms with Crippen LogP contribution in [0.3, 0.4) is 0 Å².